The molecule has 172 valence electrons. The van der Waals surface area contributed by atoms with Gasteiger partial charge in [0, 0.05) is 48.9 Å². The van der Waals surface area contributed by atoms with Crippen molar-refractivity contribution in [2.45, 2.75) is 13.2 Å². The predicted molar refractivity (Wildman–Crippen MR) is 126 cm³/mol. The molecule has 0 saturated carbocycles. The van der Waals surface area contributed by atoms with Crippen LogP contribution in [0, 0.1) is 5.82 Å². The van der Waals surface area contributed by atoms with Crippen molar-refractivity contribution in [3.8, 4) is 11.5 Å². The van der Waals surface area contributed by atoms with Crippen LogP contribution in [0.1, 0.15) is 21.5 Å². The fourth-order valence-electron chi connectivity index (χ4n) is 3.89. The van der Waals surface area contributed by atoms with Crippen LogP contribution in [0.15, 0.2) is 66.7 Å². The average Bonchev–Trinajstić information content (AvgIpc) is 2.85. The van der Waals surface area contributed by atoms with E-state index in [9.17, 15) is 9.18 Å². The summed E-state index contributed by atoms with van der Waals surface area (Å²) >= 11 is 6.16. The normalized spacial score (nSPS) is 14.2. The Bertz CT molecular complexity index is 1100. The highest BCUT2D eigenvalue weighted by atomic mass is 35.5. The summed E-state index contributed by atoms with van der Waals surface area (Å²) in [7, 11) is 1.60. The molecule has 1 aliphatic rings. The number of benzene rings is 3. The molecule has 5 nitrogen and oxygen atoms in total. The number of piperazine rings is 1. The van der Waals surface area contributed by atoms with Crippen LogP contribution in [0.4, 0.5) is 4.39 Å². The van der Waals surface area contributed by atoms with E-state index >= 15 is 0 Å². The Kier molecular flexibility index (Phi) is 7.47. The number of carbonyl (C=O) groups excluding carboxylic acids is 1. The summed E-state index contributed by atoms with van der Waals surface area (Å²) in [6.45, 7) is 3.24. The Labute approximate surface area is 198 Å². The molecule has 1 aliphatic heterocycles. The Balaban J connectivity index is 1.34. The Morgan fingerprint density at radius 2 is 1.70 bits per heavy atom. The number of hydrogen-bond acceptors (Lipinski definition) is 4. The number of carbonyl (C=O) groups is 1. The second-order valence-corrected chi connectivity index (χ2v) is 8.32. The Morgan fingerprint density at radius 1 is 0.970 bits per heavy atom. The molecular formula is C26H26ClFN2O3. The third kappa shape index (κ3) is 5.64. The van der Waals surface area contributed by atoms with Gasteiger partial charge in [0.25, 0.3) is 5.91 Å². The molecule has 1 amide bonds. The van der Waals surface area contributed by atoms with Crippen LogP contribution >= 0.6 is 11.6 Å². The molecule has 1 heterocycles. The first-order valence-corrected chi connectivity index (χ1v) is 11.2. The summed E-state index contributed by atoms with van der Waals surface area (Å²) in [6.07, 6.45) is 0. The van der Waals surface area contributed by atoms with Crippen molar-refractivity contribution < 1.29 is 18.7 Å². The third-order valence-electron chi connectivity index (χ3n) is 5.74. The zero-order chi connectivity index (χ0) is 23.2. The number of halogens is 2. The first-order valence-electron chi connectivity index (χ1n) is 10.8. The summed E-state index contributed by atoms with van der Waals surface area (Å²) in [5.41, 5.74) is 2.03. The lowest BCUT2D eigenvalue weighted by Crippen LogP contribution is -2.48. The monoisotopic (exact) mass is 468 g/mol. The topological polar surface area (TPSA) is 42.0 Å². The van der Waals surface area contributed by atoms with E-state index in [4.69, 9.17) is 21.1 Å². The molecule has 0 N–H and O–H groups in total. The van der Waals surface area contributed by atoms with Crippen molar-refractivity contribution in [2.75, 3.05) is 33.3 Å². The van der Waals surface area contributed by atoms with Crippen LogP contribution in [0.3, 0.4) is 0 Å². The number of ether oxygens (including phenoxy) is 2. The first kappa shape index (κ1) is 23.1. The molecule has 7 heteroatoms. The van der Waals surface area contributed by atoms with Crippen LogP contribution in [0.25, 0.3) is 0 Å². The van der Waals surface area contributed by atoms with Gasteiger partial charge in [-0.15, -0.1) is 0 Å². The van der Waals surface area contributed by atoms with Crippen molar-refractivity contribution in [1.29, 1.82) is 0 Å². The van der Waals surface area contributed by atoms with Gasteiger partial charge in [-0.25, -0.2) is 4.39 Å². The minimum atomic E-state index is -0.298. The molecule has 0 aromatic heterocycles. The van der Waals surface area contributed by atoms with E-state index in [0.29, 0.717) is 67.0 Å². The summed E-state index contributed by atoms with van der Waals surface area (Å²) in [5.74, 6) is 1.01. The smallest absolute Gasteiger partial charge is 0.253 e. The largest absolute Gasteiger partial charge is 0.493 e. The third-order valence-corrected chi connectivity index (χ3v) is 6.09. The highest BCUT2D eigenvalue weighted by molar-refractivity contribution is 6.31. The molecule has 0 atom stereocenters. The Morgan fingerprint density at radius 3 is 2.42 bits per heavy atom. The summed E-state index contributed by atoms with van der Waals surface area (Å²) in [5, 5.41) is 0.431. The molecule has 0 radical (unpaired) electrons. The lowest BCUT2D eigenvalue weighted by atomic mass is 10.1. The van der Waals surface area contributed by atoms with Gasteiger partial charge in [0.15, 0.2) is 11.5 Å². The number of hydrogen-bond donors (Lipinski definition) is 0. The summed E-state index contributed by atoms with van der Waals surface area (Å²) in [4.78, 5) is 17.0. The van der Waals surface area contributed by atoms with E-state index in [-0.39, 0.29) is 11.7 Å². The predicted octanol–water partition coefficient (Wildman–Crippen LogP) is 5.02. The molecule has 0 unspecified atom stereocenters. The lowest BCUT2D eigenvalue weighted by molar-refractivity contribution is 0.0627. The minimum Gasteiger partial charge on any atom is -0.493 e. The highest BCUT2D eigenvalue weighted by Crippen LogP contribution is 2.27. The lowest BCUT2D eigenvalue weighted by Gasteiger charge is -2.35. The maximum absolute atomic E-state index is 14.1. The van der Waals surface area contributed by atoms with Gasteiger partial charge in [0.2, 0.25) is 0 Å². The van der Waals surface area contributed by atoms with Crippen molar-refractivity contribution in [1.82, 2.24) is 9.80 Å². The van der Waals surface area contributed by atoms with Crippen LogP contribution in [-0.2, 0) is 13.2 Å². The molecule has 4 rings (SSSR count). The number of rotatable bonds is 7. The van der Waals surface area contributed by atoms with Crippen LogP contribution < -0.4 is 9.47 Å². The Hall–Kier alpha value is -3.09. The van der Waals surface area contributed by atoms with Gasteiger partial charge in [0.05, 0.1) is 7.11 Å². The van der Waals surface area contributed by atoms with E-state index in [1.807, 2.05) is 53.4 Å². The number of para-hydroxylation sites is 2. The van der Waals surface area contributed by atoms with Crippen molar-refractivity contribution in [3.63, 3.8) is 0 Å². The van der Waals surface area contributed by atoms with E-state index in [0.717, 1.165) is 5.56 Å². The van der Waals surface area contributed by atoms with Gasteiger partial charge in [-0.1, -0.05) is 41.9 Å². The number of nitrogens with zero attached hydrogens (tertiary/aromatic N) is 2. The van der Waals surface area contributed by atoms with E-state index < -0.39 is 0 Å². The quantitative estimate of drug-likeness (QED) is 0.488. The summed E-state index contributed by atoms with van der Waals surface area (Å²) in [6, 6.07) is 19.7. The van der Waals surface area contributed by atoms with Crippen LogP contribution in [0.5, 0.6) is 11.5 Å². The van der Waals surface area contributed by atoms with E-state index in [1.165, 1.54) is 6.07 Å². The molecule has 33 heavy (non-hydrogen) atoms. The minimum absolute atomic E-state index is 0.0160. The molecule has 0 spiro atoms. The van der Waals surface area contributed by atoms with E-state index in [1.54, 1.807) is 19.2 Å². The standard InChI is InChI=1S/C26H26ClFN2O3/c1-32-24-10-2-3-11-25(24)33-18-19-6-4-7-20(16-19)26(31)30-14-12-29(13-15-30)17-21-22(27)8-5-9-23(21)28/h2-11,16H,12-15,17-18H2,1H3. The average molecular weight is 469 g/mol. The van der Waals surface area contributed by atoms with Crippen molar-refractivity contribution in [2.24, 2.45) is 0 Å². The van der Waals surface area contributed by atoms with Gasteiger partial charge in [0.1, 0.15) is 12.4 Å². The van der Waals surface area contributed by atoms with Gasteiger partial charge in [-0.05, 0) is 42.0 Å². The molecule has 0 aliphatic carbocycles. The molecule has 0 bridgehead atoms. The highest BCUT2D eigenvalue weighted by Gasteiger charge is 2.23. The van der Waals surface area contributed by atoms with Crippen LogP contribution in [-0.4, -0.2) is 49.0 Å². The number of methoxy groups -OCH3 is 1. The molecular weight excluding hydrogens is 443 g/mol. The zero-order valence-corrected chi connectivity index (χ0v) is 19.2. The van der Waals surface area contributed by atoms with Crippen LogP contribution in [0.2, 0.25) is 5.02 Å². The number of amides is 1. The van der Waals surface area contributed by atoms with Gasteiger partial charge in [-0.2, -0.15) is 0 Å². The first-order chi connectivity index (χ1) is 16.0. The second-order valence-electron chi connectivity index (χ2n) is 7.91. The summed E-state index contributed by atoms with van der Waals surface area (Å²) < 4.78 is 25.3. The second kappa shape index (κ2) is 10.7. The fraction of sp³-hybridized carbons (Fsp3) is 0.269. The maximum Gasteiger partial charge on any atom is 0.253 e. The fourth-order valence-corrected chi connectivity index (χ4v) is 4.11. The van der Waals surface area contributed by atoms with E-state index in [2.05, 4.69) is 4.90 Å². The molecule has 1 fully saturated rings. The van der Waals surface area contributed by atoms with Crippen molar-refractivity contribution in [3.05, 3.63) is 94.3 Å². The van der Waals surface area contributed by atoms with Gasteiger partial charge >= 0.3 is 0 Å². The maximum atomic E-state index is 14.1. The SMILES string of the molecule is COc1ccccc1OCc1cccc(C(=O)N2CCN(Cc3c(F)cccc3Cl)CC2)c1. The molecule has 3 aromatic rings. The zero-order valence-electron chi connectivity index (χ0n) is 18.5. The van der Waals surface area contributed by atoms with Crippen molar-refractivity contribution >= 4 is 17.5 Å². The molecule has 1 saturated heterocycles. The molecule has 3 aromatic carbocycles. The van der Waals surface area contributed by atoms with Gasteiger partial charge < -0.3 is 14.4 Å². The van der Waals surface area contributed by atoms with Gasteiger partial charge in [-0.3, -0.25) is 9.69 Å².